The molecule has 4 aromatic carbocycles. The van der Waals surface area contributed by atoms with Crippen molar-refractivity contribution in [1.29, 1.82) is 0 Å². The zero-order chi connectivity index (χ0) is 43.6. The largest absolute Gasteiger partial charge is 0.493 e. The predicted molar refractivity (Wildman–Crippen MR) is 242 cm³/mol. The van der Waals surface area contributed by atoms with E-state index in [1.807, 2.05) is 36.4 Å². The molecule has 2 aromatic heterocycles. The van der Waals surface area contributed by atoms with Gasteiger partial charge in [-0.3, -0.25) is 4.90 Å². The van der Waals surface area contributed by atoms with Crippen molar-refractivity contribution in [2.75, 3.05) is 59.7 Å². The molecule has 0 spiro atoms. The second-order valence-corrected chi connectivity index (χ2v) is 16.5. The number of fused-ring (bicyclic) bond motifs is 5. The van der Waals surface area contributed by atoms with Gasteiger partial charge in [0.1, 0.15) is 56.4 Å². The molecule has 326 valence electrons. The number of ether oxygens (including phenoxy) is 8. The van der Waals surface area contributed by atoms with Crippen LogP contribution in [0.4, 0.5) is 0 Å². The maximum atomic E-state index is 6.22. The van der Waals surface area contributed by atoms with Crippen molar-refractivity contribution in [3.63, 3.8) is 0 Å². The van der Waals surface area contributed by atoms with Gasteiger partial charge in [-0.1, -0.05) is 23.3 Å². The Morgan fingerprint density at radius 1 is 0.619 bits per heavy atom. The standard InChI is InChI=1S/C27H29N3O5.C22H21ClN2O3/c1-16-8-18-4-5-19(9-20(18)17(16)2)35-27-21-10-23(31-3)24(11-22(21)28-14-29-27)32-7-6-30-12-25-26(13-30)34-15-33-25;1-13-8-15-4-5-16(9-17(15)14(13)2)28-22-18-10-20(26-3)21(27-7-6-23)11-19(18)24-12-25-22/h4-5,9-11,14,25-26H,6-8,12-13,15H2,1-3H3;4-5,9-12H,6-8H2,1-3H3. The van der Waals surface area contributed by atoms with E-state index in [2.05, 4.69) is 76.8 Å². The summed E-state index contributed by atoms with van der Waals surface area (Å²) in [7, 11) is 3.23. The van der Waals surface area contributed by atoms with Crippen molar-refractivity contribution < 1.29 is 37.9 Å². The lowest BCUT2D eigenvalue weighted by Gasteiger charge is -2.18. The number of rotatable bonds is 13. The Morgan fingerprint density at radius 3 is 1.59 bits per heavy atom. The first-order valence-electron chi connectivity index (χ1n) is 21.1. The lowest BCUT2D eigenvalue weighted by molar-refractivity contribution is 0.0140. The van der Waals surface area contributed by atoms with Crippen LogP contribution < -0.4 is 28.4 Å². The molecule has 10 rings (SSSR count). The summed E-state index contributed by atoms with van der Waals surface area (Å²) < 4.78 is 46.4. The van der Waals surface area contributed by atoms with Crippen LogP contribution in [0.1, 0.15) is 49.9 Å². The quantitative estimate of drug-likeness (QED) is 0.102. The lowest BCUT2D eigenvalue weighted by atomic mass is 10.1. The molecule has 0 bridgehead atoms. The molecule has 2 aliphatic heterocycles. The second-order valence-electron chi connectivity index (χ2n) is 16.1. The van der Waals surface area contributed by atoms with Gasteiger partial charge in [0.05, 0.1) is 41.9 Å². The van der Waals surface area contributed by atoms with E-state index < -0.39 is 0 Å². The Kier molecular flexibility index (Phi) is 12.4. The summed E-state index contributed by atoms with van der Waals surface area (Å²) in [6, 6.07) is 19.8. The van der Waals surface area contributed by atoms with Crippen LogP contribution in [0, 0.1) is 0 Å². The van der Waals surface area contributed by atoms with Crippen LogP contribution in [0.15, 0.2) is 84.5 Å². The summed E-state index contributed by atoms with van der Waals surface area (Å²) in [5.74, 6) is 5.29. The number of halogens is 1. The Hall–Kier alpha value is -5.99. The van der Waals surface area contributed by atoms with E-state index in [1.54, 1.807) is 14.2 Å². The SMILES string of the molecule is COc1cc2c(Oc3ccc4c(c3)C(C)=C(C)C4)ncnc2cc1OCCCl.COc1cc2c(Oc3ccc4c(c3)C(C)=C(C)C4)ncnc2cc1OCCN1CC2OCOC2C1. The van der Waals surface area contributed by atoms with Crippen LogP contribution in [0.3, 0.4) is 0 Å². The minimum atomic E-state index is 0.176. The number of alkyl halides is 1. The smallest absolute Gasteiger partial charge is 0.230 e. The van der Waals surface area contributed by atoms with Crippen molar-refractivity contribution in [3.8, 4) is 46.3 Å². The minimum Gasteiger partial charge on any atom is -0.493 e. The van der Waals surface area contributed by atoms with Gasteiger partial charge in [-0.15, -0.1) is 11.6 Å². The summed E-state index contributed by atoms with van der Waals surface area (Å²) in [5.41, 5.74) is 12.0. The van der Waals surface area contributed by atoms with Gasteiger partial charge in [-0.2, -0.15) is 0 Å². The number of nitrogens with zero attached hydrogens (tertiary/aromatic N) is 5. The van der Waals surface area contributed by atoms with Crippen LogP contribution in [-0.4, -0.2) is 96.8 Å². The fourth-order valence-corrected chi connectivity index (χ4v) is 8.60. The van der Waals surface area contributed by atoms with Gasteiger partial charge in [0.2, 0.25) is 11.8 Å². The maximum absolute atomic E-state index is 6.22. The van der Waals surface area contributed by atoms with E-state index in [0.717, 1.165) is 60.3 Å². The summed E-state index contributed by atoms with van der Waals surface area (Å²) in [6.07, 6.45) is 5.35. The molecule has 63 heavy (non-hydrogen) atoms. The first kappa shape index (κ1) is 42.3. The van der Waals surface area contributed by atoms with Crippen molar-refractivity contribution in [2.24, 2.45) is 0 Å². The number of hydrogen-bond donors (Lipinski definition) is 0. The average Bonchev–Trinajstić information content (AvgIpc) is 4.05. The molecule has 6 aromatic rings. The van der Waals surface area contributed by atoms with Crippen LogP contribution in [-0.2, 0) is 22.3 Å². The Balaban J connectivity index is 0.000000164. The molecule has 13 nitrogen and oxygen atoms in total. The summed E-state index contributed by atoms with van der Waals surface area (Å²) in [6.45, 7) is 12.5. The highest BCUT2D eigenvalue weighted by molar-refractivity contribution is 6.18. The third-order valence-electron chi connectivity index (χ3n) is 12.2. The molecule has 2 saturated heterocycles. The molecule has 4 heterocycles. The third-order valence-corrected chi connectivity index (χ3v) is 12.4. The lowest BCUT2D eigenvalue weighted by Crippen LogP contribution is -2.28. The molecule has 2 fully saturated rings. The first-order chi connectivity index (χ1) is 30.7. The van der Waals surface area contributed by atoms with Crippen LogP contribution in [0.25, 0.3) is 33.0 Å². The molecule has 2 atom stereocenters. The Labute approximate surface area is 371 Å². The molecule has 0 saturated carbocycles. The normalized spacial score (nSPS) is 17.7. The molecule has 2 aliphatic carbocycles. The Bertz CT molecular complexity index is 2750. The van der Waals surface area contributed by atoms with E-state index in [-0.39, 0.29) is 12.2 Å². The molecule has 14 heteroatoms. The fourth-order valence-electron chi connectivity index (χ4n) is 8.52. The fraction of sp³-hybridized carbons (Fsp3) is 0.347. The van der Waals surface area contributed by atoms with Gasteiger partial charge >= 0.3 is 0 Å². The molecule has 0 N–H and O–H groups in total. The molecule has 4 aliphatic rings. The molecular weight excluding hydrogens is 822 g/mol. The highest BCUT2D eigenvalue weighted by atomic mass is 35.5. The van der Waals surface area contributed by atoms with Gasteiger partial charge in [0, 0.05) is 31.8 Å². The number of methoxy groups -OCH3 is 2. The predicted octanol–water partition coefficient (Wildman–Crippen LogP) is 9.61. The molecule has 0 amide bonds. The third kappa shape index (κ3) is 8.83. The second kappa shape index (κ2) is 18.4. The number of aromatic nitrogens is 4. The number of benzene rings is 4. The van der Waals surface area contributed by atoms with Gasteiger partial charge in [0.25, 0.3) is 0 Å². The topological polar surface area (TPSA) is 129 Å². The zero-order valence-electron chi connectivity index (χ0n) is 36.3. The van der Waals surface area contributed by atoms with Crippen LogP contribution in [0.2, 0.25) is 0 Å². The van der Waals surface area contributed by atoms with Gasteiger partial charge in [-0.25, -0.2) is 19.9 Å². The van der Waals surface area contributed by atoms with Crippen molar-refractivity contribution >= 4 is 44.6 Å². The van der Waals surface area contributed by atoms with E-state index in [4.69, 9.17) is 49.5 Å². The van der Waals surface area contributed by atoms with E-state index >= 15 is 0 Å². The maximum Gasteiger partial charge on any atom is 0.230 e. The van der Waals surface area contributed by atoms with E-state index in [9.17, 15) is 0 Å². The number of hydrogen-bond acceptors (Lipinski definition) is 13. The van der Waals surface area contributed by atoms with Crippen molar-refractivity contribution in [1.82, 2.24) is 24.8 Å². The summed E-state index contributed by atoms with van der Waals surface area (Å²) in [4.78, 5) is 19.8. The number of likely N-dealkylation sites (tertiary alicyclic amines) is 1. The first-order valence-corrected chi connectivity index (χ1v) is 21.6. The molecular formula is C49H50ClN5O8. The van der Waals surface area contributed by atoms with E-state index in [1.165, 1.54) is 57.2 Å². The van der Waals surface area contributed by atoms with Gasteiger partial charge in [-0.05, 0) is 110 Å². The zero-order valence-corrected chi connectivity index (χ0v) is 37.1. The highest BCUT2D eigenvalue weighted by Crippen LogP contribution is 2.41. The van der Waals surface area contributed by atoms with Crippen LogP contribution >= 0.6 is 11.6 Å². The monoisotopic (exact) mass is 871 g/mol. The van der Waals surface area contributed by atoms with E-state index in [0.29, 0.717) is 66.2 Å². The van der Waals surface area contributed by atoms with Crippen molar-refractivity contribution in [3.05, 3.63) is 107 Å². The van der Waals surface area contributed by atoms with Gasteiger partial charge < -0.3 is 37.9 Å². The minimum absolute atomic E-state index is 0.176. The Morgan fingerprint density at radius 2 is 1.11 bits per heavy atom. The highest BCUT2D eigenvalue weighted by Gasteiger charge is 2.38. The molecule has 2 unspecified atom stereocenters. The summed E-state index contributed by atoms with van der Waals surface area (Å²) >= 11 is 5.73. The number of allylic oxidation sites excluding steroid dienone is 4. The summed E-state index contributed by atoms with van der Waals surface area (Å²) in [5, 5.41) is 1.52. The van der Waals surface area contributed by atoms with Gasteiger partial charge in [0.15, 0.2) is 23.0 Å². The van der Waals surface area contributed by atoms with Crippen LogP contribution in [0.5, 0.6) is 46.3 Å². The average molecular weight is 872 g/mol. The van der Waals surface area contributed by atoms with Crippen molar-refractivity contribution in [2.45, 2.75) is 52.7 Å². The molecule has 0 radical (unpaired) electrons.